The molecule has 1 fully saturated rings. The zero-order valence-corrected chi connectivity index (χ0v) is 18.3. The van der Waals surface area contributed by atoms with E-state index in [2.05, 4.69) is 10.3 Å². The van der Waals surface area contributed by atoms with Gasteiger partial charge < -0.3 is 25.3 Å². The standard InChI is InChI=1S/C21H22Cl2FN3O4/c1-10(16-14(22)2-3-15(24)17(16)23)31-19-18-12(8-26-20(19)25)13(9-30-18)21(28)27-11-4-6-29-7-5-11/h2-3,8,10-11,13H,4-7,9H2,1H3,(H2,25,26)(H,27,28)/t10-,13?/m1/s1. The first kappa shape index (κ1) is 21.9. The Bertz CT molecular complexity index is 1000. The predicted octanol–water partition coefficient (Wildman–Crippen LogP) is 4.02. The quantitative estimate of drug-likeness (QED) is 0.641. The van der Waals surface area contributed by atoms with Gasteiger partial charge in [0.05, 0.1) is 5.02 Å². The maximum atomic E-state index is 13.9. The minimum atomic E-state index is -0.745. The van der Waals surface area contributed by atoms with Gasteiger partial charge in [-0.1, -0.05) is 23.2 Å². The molecule has 31 heavy (non-hydrogen) atoms. The van der Waals surface area contributed by atoms with Crippen molar-refractivity contribution in [1.29, 1.82) is 0 Å². The molecular formula is C21H22Cl2FN3O4. The lowest BCUT2D eigenvalue weighted by molar-refractivity contribution is -0.124. The van der Waals surface area contributed by atoms with Crippen molar-refractivity contribution in [2.75, 3.05) is 25.6 Å². The van der Waals surface area contributed by atoms with E-state index < -0.39 is 17.8 Å². The summed E-state index contributed by atoms with van der Waals surface area (Å²) >= 11 is 12.3. The topological polar surface area (TPSA) is 95.7 Å². The molecule has 1 aromatic heterocycles. The van der Waals surface area contributed by atoms with E-state index in [-0.39, 0.29) is 45.7 Å². The van der Waals surface area contributed by atoms with Crippen LogP contribution in [-0.4, -0.2) is 36.8 Å². The number of amides is 1. The molecule has 0 saturated carbocycles. The van der Waals surface area contributed by atoms with Gasteiger partial charge in [-0.05, 0) is 31.9 Å². The fraction of sp³-hybridized carbons (Fsp3) is 0.429. The van der Waals surface area contributed by atoms with Gasteiger partial charge in [0.2, 0.25) is 11.7 Å². The number of nitrogens with one attached hydrogen (secondary N) is 1. The van der Waals surface area contributed by atoms with E-state index in [4.69, 9.17) is 43.1 Å². The maximum Gasteiger partial charge on any atom is 0.231 e. The van der Waals surface area contributed by atoms with E-state index in [1.165, 1.54) is 18.3 Å². The maximum absolute atomic E-state index is 13.9. The number of aromatic nitrogens is 1. The van der Waals surface area contributed by atoms with Gasteiger partial charge in [0, 0.05) is 41.6 Å². The van der Waals surface area contributed by atoms with Crippen LogP contribution in [0.1, 0.15) is 42.9 Å². The van der Waals surface area contributed by atoms with E-state index in [1.807, 2.05) is 0 Å². The van der Waals surface area contributed by atoms with E-state index >= 15 is 0 Å². The SMILES string of the molecule is C[C@@H](Oc1c(N)ncc2c1OCC2C(=O)NC1CCOCC1)c1c(Cl)ccc(F)c1Cl. The molecule has 2 atom stereocenters. The molecule has 2 aromatic rings. The van der Waals surface area contributed by atoms with Crippen molar-refractivity contribution in [3.63, 3.8) is 0 Å². The predicted molar refractivity (Wildman–Crippen MR) is 114 cm³/mol. The lowest BCUT2D eigenvalue weighted by Crippen LogP contribution is -2.41. The van der Waals surface area contributed by atoms with Crippen LogP contribution >= 0.6 is 23.2 Å². The van der Waals surface area contributed by atoms with Crippen LogP contribution < -0.4 is 20.5 Å². The normalized spacial score (nSPS) is 19.4. The fourth-order valence-corrected chi connectivity index (χ4v) is 4.46. The van der Waals surface area contributed by atoms with Crippen molar-refractivity contribution in [3.05, 3.63) is 45.3 Å². The molecule has 0 spiro atoms. The number of rotatable bonds is 5. The Kier molecular flexibility index (Phi) is 6.41. The summed E-state index contributed by atoms with van der Waals surface area (Å²) < 4.78 is 31.0. The van der Waals surface area contributed by atoms with Crippen molar-refractivity contribution in [2.24, 2.45) is 0 Å². The molecule has 10 heteroatoms. The van der Waals surface area contributed by atoms with Gasteiger partial charge >= 0.3 is 0 Å². The van der Waals surface area contributed by atoms with Crippen LogP contribution in [0.25, 0.3) is 0 Å². The van der Waals surface area contributed by atoms with Gasteiger partial charge in [-0.2, -0.15) is 0 Å². The molecular weight excluding hydrogens is 448 g/mol. The summed E-state index contributed by atoms with van der Waals surface area (Å²) in [7, 11) is 0. The zero-order chi connectivity index (χ0) is 22.1. The third-order valence-electron chi connectivity index (χ3n) is 5.48. The van der Waals surface area contributed by atoms with Crippen molar-refractivity contribution in [1.82, 2.24) is 10.3 Å². The van der Waals surface area contributed by atoms with Crippen LogP contribution in [0.15, 0.2) is 18.3 Å². The summed E-state index contributed by atoms with van der Waals surface area (Å²) in [6.45, 7) is 3.06. The minimum absolute atomic E-state index is 0.0695. The average Bonchev–Trinajstić information content (AvgIpc) is 3.18. The van der Waals surface area contributed by atoms with E-state index in [0.29, 0.717) is 24.5 Å². The smallest absolute Gasteiger partial charge is 0.231 e. The van der Waals surface area contributed by atoms with Gasteiger partial charge in [0.15, 0.2) is 11.6 Å². The first-order valence-electron chi connectivity index (χ1n) is 9.96. The lowest BCUT2D eigenvalue weighted by Gasteiger charge is -2.24. The number of carbonyl (C=O) groups is 1. The van der Waals surface area contributed by atoms with Gasteiger partial charge in [0.1, 0.15) is 24.4 Å². The number of ether oxygens (including phenoxy) is 3. The van der Waals surface area contributed by atoms with Crippen LogP contribution in [0.5, 0.6) is 11.5 Å². The Hall–Kier alpha value is -2.29. The number of halogens is 3. The number of nitrogens with two attached hydrogens (primary N) is 1. The highest BCUT2D eigenvalue weighted by molar-refractivity contribution is 6.36. The first-order chi connectivity index (χ1) is 14.9. The molecule has 1 unspecified atom stereocenters. The van der Waals surface area contributed by atoms with Gasteiger partial charge in [-0.3, -0.25) is 4.79 Å². The van der Waals surface area contributed by atoms with Gasteiger partial charge in [-0.25, -0.2) is 9.37 Å². The second kappa shape index (κ2) is 9.06. The largest absolute Gasteiger partial charge is 0.488 e. The number of nitrogen functional groups attached to an aromatic ring is 1. The molecule has 0 radical (unpaired) electrons. The summed E-state index contributed by atoms with van der Waals surface area (Å²) in [6.07, 6.45) is 2.32. The minimum Gasteiger partial charge on any atom is -0.488 e. The number of benzene rings is 1. The fourth-order valence-electron chi connectivity index (χ4n) is 3.78. The molecule has 1 amide bonds. The lowest BCUT2D eigenvalue weighted by atomic mass is 10.0. The summed E-state index contributed by atoms with van der Waals surface area (Å²) in [5, 5.41) is 3.17. The second-order valence-corrected chi connectivity index (χ2v) is 8.32. The number of carbonyl (C=O) groups excluding carboxylic acids is 1. The van der Waals surface area contributed by atoms with Crippen LogP contribution in [0.2, 0.25) is 10.0 Å². The van der Waals surface area contributed by atoms with Crippen molar-refractivity contribution < 1.29 is 23.4 Å². The van der Waals surface area contributed by atoms with Gasteiger partial charge in [0.25, 0.3) is 0 Å². The van der Waals surface area contributed by atoms with Crippen LogP contribution in [0.3, 0.4) is 0 Å². The van der Waals surface area contributed by atoms with E-state index in [0.717, 1.165) is 12.8 Å². The number of hydrogen-bond acceptors (Lipinski definition) is 6. The molecule has 7 nitrogen and oxygen atoms in total. The molecule has 3 N–H and O–H groups in total. The molecule has 3 heterocycles. The zero-order valence-electron chi connectivity index (χ0n) is 16.8. The van der Waals surface area contributed by atoms with Crippen LogP contribution in [0.4, 0.5) is 10.2 Å². The third-order valence-corrected chi connectivity index (χ3v) is 6.19. The second-order valence-electron chi connectivity index (χ2n) is 7.53. The number of pyridine rings is 1. The first-order valence-corrected chi connectivity index (χ1v) is 10.7. The Morgan fingerprint density at radius 2 is 2.10 bits per heavy atom. The summed E-state index contributed by atoms with van der Waals surface area (Å²) in [5.74, 6) is -0.697. The molecule has 4 rings (SSSR count). The number of hydrogen-bond donors (Lipinski definition) is 2. The highest BCUT2D eigenvalue weighted by atomic mass is 35.5. The number of nitrogens with zero attached hydrogens (tertiary/aromatic N) is 1. The number of fused-ring (bicyclic) bond motifs is 1. The molecule has 0 aliphatic carbocycles. The molecule has 2 aliphatic rings. The average molecular weight is 470 g/mol. The molecule has 2 aliphatic heterocycles. The van der Waals surface area contributed by atoms with E-state index in [9.17, 15) is 9.18 Å². The third kappa shape index (κ3) is 4.37. The summed E-state index contributed by atoms with van der Waals surface area (Å²) in [4.78, 5) is 17.0. The Labute approximate surface area is 189 Å². The number of anilines is 1. The highest BCUT2D eigenvalue weighted by Gasteiger charge is 2.36. The monoisotopic (exact) mass is 469 g/mol. The van der Waals surface area contributed by atoms with Gasteiger partial charge in [-0.15, -0.1) is 0 Å². The Morgan fingerprint density at radius 1 is 1.35 bits per heavy atom. The van der Waals surface area contributed by atoms with E-state index in [1.54, 1.807) is 6.92 Å². The molecule has 0 bridgehead atoms. The summed E-state index contributed by atoms with van der Waals surface area (Å²) in [6, 6.07) is 2.66. The summed E-state index contributed by atoms with van der Waals surface area (Å²) in [5.41, 5.74) is 6.89. The van der Waals surface area contributed by atoms with Crippen molar-refractivity contribution in [3.8, 4) is 11.5 Å². The Morgan fingerprint density at radius 3 is 2.84 bits per heavy atom. The Balaban J connectivity index is 1.57. The van der Waals surface area contributed by atoms with Crippen LogP contribution in [0, 0.1) is 5.82 Å². The van der Waals surface area contributed by atoms with Crippen molar-refractivity contribution in [2.45, 2.75) is 37.8 Å². The molecule has 1 aromatic carbocycles. The molecule has 1 saturated heterocycles. The van der Waals surface area contributed by atoms with Crippen LogP contribution in [-0.2, 0) is 9.53 Å². The molecule has 166 valence electrons. The van der Waals surface area contributed by atoms with Crippen molar-refractivity contribution >= 4 is 34.9 Å². The highest BCUT2D eigenvalue weighted by Crippen LogP contribution is 2.46.